The normalized spacial score (nSPS) is 16.1. The van der Waals surface area contributed by atoms with E-state index < -0.39 is 0 Å². The predicted octanol–water partition coefficient (Wildman–Crippen LogP) is 1.97. The first-order valence-electron chi connectivity index (χ1n) is 7.49. The summed E-state index contributed by atoms with van der Waals surface area (Å²) in [5, 5.41) is 3.03. The summed E-state index contributed by atoms with van der Waals surface area (Å²) >= 11 is 0. The third-order valence-corrected chi connectivity index (χ3v) is 3.97. The van der Waals surface area contributed by atoms with Crippen LogP contribution in [-0.4, -0.2) is 36.5 Å². The second-order valence-electron chi connectivity index (χ2n) is 5.54. The lowest BCUT2D eigenvalue weighted by Crippen LogP contribution is -2.37. The van der Waals surface area contributed by atoms with Gasteiger partial charge < -0.3 is 11.1 Å². The van der Waals surface area contributed by atoms with Crippen molar-refractivity contribution in [3.05, 3.63) is 29.8 Å². The topological polar surface area (TPSA) is 58.4 Å². The van der Waals surface area contributed by atoms with Crippen LogP contribution in [-0.2, 0) is 4.79 Å². The van der Waals surface area contributed by atoms with Gasteiger partial charge in [0.1, 0.15) is 0 Å². The zero-order valence-electron chi connectivity index (χ0n) is 12.4. The summed E-state index contributed by atoms with van der Waals surface area (Å²) in [6, 6.07) is 8.29. The van der Waals surface area contributed by atoms with Gasteiger partial charge in [0.2, 0.25) is 5.91 Å². The fourth-order valence-corrected chi connectivity index (χ4v) is 2.49. The number of rotatable bonds is 7. The maximum Gasteiger partial charge on any atom is 0.227 e. The van der Waals surface area contributed by atoms with Gasteiger partial charge in [-0.05, 0) is 44.0 Å². The van der Waals surface area contributed by atoms with Crippen molar-refractivity contribution in [2.75, 3.05) is 25.4 Å². The maximum atomic E-state index is 12.1. The van der Waals surface area contributed by atoms with Crippen LogP contribution in [0.5, 0.6) is 0 Å². The predicted molar refractivity (Wildman–Crippen MR) is 82.5 cm³/mol. The Hall–Kier alpha value is -1.55. The summed E-state index contributed by atoms with van der Waals surface area (Å²) in [6.07, 6.45) is 2.61. The zero-order chi connectivity index (χ0) is 14.5. The van der Waals surface area contributed by atoms with Gasteiger partial charge in [0.25, 0.3) is 0 Å². The third-order valence-electron chi connectivity index (χ3n) is 3.97. The largest absolute Gasteiger partial charge is 0.399 e. The van der Waals surface area contributed by atoms with E-state index in [9.17, 15) is 4.79 Å². The molecule has 0 radical (unpaired) electrons. The molecule has 1 saturated carbocycles. The van der Waals surface area contributed by atoms with Crippen molar-refractivity contribution in [2.24, 2.45) is 0 Å². The van der Waals surface area contributed by atoms with Crippen LogP contribution < -0.4 is 11.1 Å². The lowest BCUT2D eigenvalue weighted by atomic mass is 10.00. The van der Waals surface area contributed by atoms with Crippen molar-refractivity contribution in [1.29, 1.82) is 0 Å². The highest BCUT2D eigenvalue weighted by molar-refractivity contribution is 5.83. The Morgan fingerprint density at radius 1 is 1.50 bits per heavy atom. The van der Waals surface area contributed by atoms with Crippen LogP contribution in [0.2, 0.25) is 0 Å². The molecule has 1 aromatic carbocycles. The van der Waals surface area contributed by atoms with E-state index >= 15 is 0 Å². The summed E-state index contributed by atoms with van der Waals surface area (Å²) in [7, 11) is 0. The van der Waals surface area contributed by atoms with Crippen molar-refractivity contribution in [2.45, 2.75) is 38.6 Å². The first kappa shape index (κ1) is 14.9. The smallest absolute Gasteiger partial charge is 0.227 e. The van der Waals surface area contributed by atoms with Crippen molar-refractivity contribution in [3.63, 3.8) is 0 Å². The molecular weight excluding hydrogens is 250 g/mol. The minimum Gasteiger partial charge on any atom is -0.399 e. The van der Waals surface area contributed by atoms with Gasteiger partial charge >= 0.3 is 0 Å². The highest BCUT2D eigenvalue weighted by Crippen LogP contribution is 2.25. The van der Waals surface area contributed by atoms with E-state index in [0.29, 0.717) is 5.69 Å². The maximum absolute atomic E-state index is 12.1. The Morgan fingerprint density at radius 3 is 2.85 bits per heavy atom. The lowest BCUT2D eigenvalue weighted by Gasteiger charge is -2.20. The molecule has 110 valence electrons. The molecule has 1 fully saturated rings. The molecule has 0 aliphatic heterocycles. The molecule has 3 N–H and O–H groups in total. The number of likely N-dealkylation sites (N-methyl/N-ethyl adjacent to an activating group) is 1. The minimum atomic E-state index is -0.158. The number of nitrogen functional groups attached to an aromatic ring is 1. The van der Waals surface area contributed by atoms with Gasteiger partial charge in [-0.2, -0.15) is 0 Å². The van der Waals surface area contributed by atoms with Crippen molar-refractivity contribution in [1.82, 2.24) is 10.2 Å². The number of nitrogens with two attached hydrogens (primary N) is 1. The summed E-state index contributed by atoms with van der Waals surface area (Å²) < 4.78 is 0. The summed E-state index contributed by atoms with van der Waals surface area (Å²) in [6.45, 7) is 6.82. The standard InChI is InChI=1S/C16H25N3O/c1-3-19(15-7-8-15)10-9-18-16(20)12(2)13-5-4-6-14(17)11-13/h4-6,11-12,15H,3,7-10,17H2,1-2H3,(H,18,20). The molecule has 1 amide bonds. The number of carbonyl (C=O) groups excluding carboxylic acids is 1. The number of anilines is 1. The number of benzene rings is 1. The summed E-state index contributed by atoms with van der Waals surface area (Å²) in [4.78, 5) is 14.6. The molecule has 4 heteroatoms. The highest BCUT2D eigenvalue weighted by Gasteiger charge is 2.27. The zero-order valence-corrected chi connectivity index (χ0v) is 12.4. The average Bonchev–Trinajstić information content (AvgIpc) is 3.27. The van der Waals surface area contributed by atoms with Gasteiger partial charge in [-0.25, -0.2) is 0 Å². The molecule has 1 atom stereocenters. The monoisotopic (exact) mass is 275 g/mol. The second-order valence-corrected chi connectivity index (χ2v) is 5.54. The first-order valence-corrected chi connectivity index (χ1v) is 7.49. The van der Waals surface area contributed by atoms with E-state index in [0.717, 1.165) is 31.2 Å². The SMILES string of the molecule is CCN(CCNC(=O)C(C)c1cccc(N)c1)C1CC1. The van der Waals surface area contributed by atoms with Crippen molar-refractivity contribution < 1.29 is 4.79 Å². The molecule has 2 rings (SSSR count). The van der Waals surface area contributed by atoms with Gasteiger partial charge in [0.05, 0.1) is 5.92 Å². The van der Waals surface area contributed by atoms with Crippen LogP contribution in [0.3, 0.4) is 0 Å². The van der Waals surface area contributed by atoms with E-state index in [1.165, 1.54) is 12.8 Å². The first-order chi connectivity index (χ1) is 9.61. The minimum absolute atomic E-state index is 0.0717. The quantitative estimate of drug-likeness (QED) is 0.748. The fraction of sp³-hybridized carbons (Fsp3) is 0.562. The van der Waals surface area contributed by atoms with Gasteiger partial charge in [-0.1, -0.05) is 19.1 Å². The molecule has 4 nitrogen and oxygen atoms in total. The third kappa shape index (κ3) is 3.97. The highest BCUT2D eigenvalue weighted by atomic mass is 16.1. The van der Waals surface area contributed by atoms with Crippen LogP contribution in [0.15, 0.2) is 24.3 Å². The Bertz CT molecular complexity index is 457. The van der Waals surface area contributed by atoms with Gasteiger partial charge in [-0.15, -0.1) is 0 Å². The fourth-order valence-electron chi connectivity index (χ4n) is 2.49. The van der Waals surface area contributed by atoms with Crippen LogP contribution >= 0.6 is 0 Å². The number of nitrogens with one attached hydrogen (secondary N) is 1. The molecule has 0 heterocycles. The van der Waals surface area contributed by atoms with Crippen LogP contribution in [0.4, 0.5) is 5.69 Å². The van der Waals surface area contributed by atoms with E-state index in [1.54, 1.807) is 0 Å². The van der Waals surface area contributed by atoms with E-state index in [-0.39, 0.29) is 11.8 Å². The molecular formula is C16H25N3O. The molecule has 1 aromatic rings. The molecule has 0 saturated heterocycles. The molecule has 0 bridgehead atoms. The van der Waals surface area contributed by atoms with E-state index in [1.807, 2.05) is 31.2 Å². The van der Waals surface area contributed by atoms with Crippen LogP contribution in [0.25, 0.3) is 0 Å². The summed E-state index contributed by atoms with van der Waals surface area (Å²) in [5.41, 5.74) is 7.43. The number of nitrogens with zero attached hydrogens (tertiary/aromatic N) is 1. The molecule has 0 aromatic heterocycles. The Kier molecular flexibility index (Phi) is 5.01. The Balaban J connectivity index is 1.79. The summed E-state index contributed by atoms with van der Waals surface area (Å²) in [5.74, 6) is -0.0862. The molecule has 1 aliphatic carbocycles. The Labute approximate surface area is 121 Å². The molecule has 1 aliphatic rings. The van der Waals surface area contributed by atoms with Crippen LogP contribution in [0.1, 0.15) is 38.2 Å². The van der Waals surface area contributed by atoms with Gasteiger partial charge in [0, 0.05) is 24.8 Å². The number of hydrogen-bond acceptors (Lipinski definition) is 3. The number of amides is 1. The molecule has 0 spiro atoms. The van der Waals surface area contributed by atoms with Gasteiger partial charge in [0.15, 0.2) is 0 Å². The number of hydrogen-bond donors (Lipinski definition) is 2. The lowest BCUT2D eigenvalue weighted by molar-refractivity contribution is -0.122. The Morgan fingerprint density at radius 2 is 2.25 bits per heavy atom. The molecule has 1 unspecified atom stereocenters. The second kappa shape index (κ2) is 6.75. The van der Waals surface area contributed by atoms with Crippen molar-refractivity contribution >= 4 is 11.6 Å². The average molecular weight is 275 g/mol. The van der Waals surface area contributed by atoms with E-state index in [2.05, 4.69) is 17.1 Å². The van der Waals surface area contributed by atoms with E-state index in [4.69, 9.17) is 5.73 Å². The molecule has 20 heavy (non-hydrogen) atoms. The number of carbonyl (C=O) groups is 1. The van der Waals surface area contributed by atoms with Gasteiger partial charge in [-0.3, -0.25) is 9.69 Å². The van der Waals surface area contributed by atoms with Crippen LogP contribution in [0, 0.1) is 0 Å². The van der Waals surface area contributed by atoms with Crippen molar-refractivity contribution in [3.8, 4) is 0 Å².